The molecule has 0 heterocycles. The largest absolute Gasteiger partial charge is 0.445 e. The molecule has 17 heavy (non-hydrogen) atoms. The molecule has 0 aromatic heterocycles. The maximum Gasteiger partial charge on any atom is 0.404 e. The summed E-state index contributed by atoms with van der Waals surface area (Å²) in [4.78, 5) is 10.5. The molecule has 1 aliphatic carbocycles. The van der Waals surface area contributed by atoms with Crippen LogP contribution in [0.1, 0.15) is 49.1 Å². The lowest BCUT2D eigenvalue weighted by molar-refractivity contribution is 0.150. The summed E-state index contributed by atoms with van der Waals surface area (Å²) in [6.45, 7) is 0.264. The molecule has 0 bridgehead atoms. The molecule has 3 nitrogen and oxygen atoms in total. The molecule has 1 aromatic rings. The molecule has 3 heteroatoms. The van der Waals surface area contributed by atoms with E-state index < -0.39 is 6.09 Å². The standard InChI is InChI=1S/C14H19NO2/c15-14(16)17-10-11-6-8-13(9-7-11)12-4-2-1-3-5-12/h6-9,12H,1-5,10H2,(H2,15,16). The summed E-state index contributed by atoms with van der Waals surface area (Å²) in [5.74, 6) is 0.717. The minimum atomic E-state index is -0.721. The quantitative estimate of drug-likeness (QED) is 0.870. The Morgan fingerprint density at radius 3 is 2.41 bits per heavy atom. The Balaban J connectivity index is 1.94. The van der Waals surface area contributed by atoms with Gasteiger partial charge in [-0.05, 0) is 29.9 Å². The van der Waals surface area contributed by atoms with Crippen molar-refractivity contribution < 1.29 is 9.53 Å². The van der Waals surface area contributed by atoms with Gasteiger partial charge in [-0.25, -0.2) is 4.79 Å². The van der Waals surface area contributed by atoms with Crippen molar-refractivity contribution in [1.82, 2.24) is 0 Å². The summed E-state index contributed by atoms with van der Waals surface area (Å²) in [7, 11) is 0. The van der Waals surface area contributed by atoms with Crippen LogP contribution in [0, 0.1) is 0 Å². The van der Waals surface area contributed by atoms with Crippen molar-refractivity contribution in [1.29, 1.82) is 0 Å². The Labute approximate surface area is 102 Å². The van der Waals surface area contributed by atoms with Gasteiger partial charge in [-0.1, -0.05) is 43.5 Å². The van der Waals surface area contributed by atoms with E-state index in [0.29, 0.717) is 0 Å². The highest BCUT2D eigenvalue weighted by Crippen LogP contribution is 2.32. The van der Waals surface area contributed by atoms with Crippen LogP contribution in [0.5, 0.6) is 0 Å². The number of carbonyl (C=O) groups excluding carboxylic acids is 1. The fourth-order valence-electron chi connectivity index (χ4n) is 2.48. The highest BCUT2D eigenvalue weighted by molar-refractivity contribution is 5.64. The van der Waals surface area contributed by atoms with Gasteiger partial charge in [0.2, 0.25) is 0 Å². The van der Waals surface area contributed by atoms with Gasteiger partial charge in [-0.15, -0.1) is 0 Å². The fraction of sp³-hybridized carbons (Fsp3) is 0.500. The van der Waals surface area contributed by atoms with E-state index in [0.717, 1.165) is 11.5 Å². The van der Waals surface area contributed by atoms with Crippen LogP contribution in [0.25, 0.3) is 0 Å². The minimum Gasteiger partial charge on any atom is -0.445 e. The number of hydrogen-bond acceptors (Lipinski definition) is 2. The van der Waals surface area contributed by atoms with Crippen molar-refractivity contribution in [3.8, 4) is 0 Å². The van der Waals surface area contributed by atoms with Gasteiger partial charge in [-0.3, -0.25) is 0 Å². The number of rotatable bonds is 3. The Bertz CT molecular complexity index is 366. The zero-order chi connectivity index (χ0) is 12.1. The number of ether oxygens (including phenoxy) is 1. The summed E-state index contributed by atoms with van der Waals surface area (Å²) in [5.41, 5.74) is 7.32. The molecule has 2 rings (SSSR count). The molecule has 1 aromatic carbocycles. The topological polar surface area (TPSA) is 52.3 Å². The van der Waals surface area contributed by atoms with Crippen LogP contribution in [0.4, 0.5) is 4.79 Å². The SMILES string of the molecule is NC(=O)OCc1ccc(C2CCCCC2)cc1. The Kier molecular flexibility index (Phi) is 4.02. The van der Waals surface area contributed by atoms with Gasteiger partial charge in [0.15, 0.2) is 0 Å². The smallest absolute Gasteiger partial charge is 0.404 e. The van der Waals surface area contributed by atoms with E-state index in [1.807, 2.05) is 12.1 Å². The van der Waals surface area contributed by atoms with Gasteiger partial charge >= 0.3 is 6.09 Å². The first-order valence-electron chi connectivity index (χ1n) is 6.27. The number of carbonyl (C=O) groups is 1. The molecule has 1 saturated carbocycles. The molecule has 0 atom stereocenters. The van der Waals surface area contributed by atoms with Crippen LogP contribution >= 0.6 is 0 Å². The zero-order valence-corrected chi connectivity index (χ0v) is 10.0. The first-order valence-corrected chi connectivity index (χ1v) is 6.27. The predicted molar refractivity (Wildman–Crippen MR) is 66.6 cm³/mol. The second kappa shape index (κ2) is 5.71. The average molecular weight is 233 g/mol. The highest BCUT2D eigenvalue weighted by atomic mass is 16.5. The van der Waals surface area contributed by atoms with Gasteiger partial charge in [0.25, 0.3) is 0 Å². The van der Waals surface area contributed by atoms with E-state index in [9.17, 15) is 4.79 Å². The molecule has 1 fully saturated rings. The van der Waals surface area contributed by atoms with E-state index in [-0.39, 0.29) is 6.61 Å². The van der Waals surface area contributed by atoms with Crippen molar-refractivity contribution >= 4 is 6.09 Å². The molecule has 0 spiro atoms. The van der Waals surface area contributed by atoms with Gasteiger partial charge in [0.05, 0.1) is 0 Å². The maximum absolute atomic E-state index is 10.5. The van der Waals surface area contributed by atoms with Gasteiger partial charge in [-0.2, -0.15) is 0 Å². The number of primary amides is 1. The third-order valence-corrected chi connectivity index (χ3v) is 3.44. The van der Waals surface area contributed by atoms with Crippen LogP contribution in [-0.4, -0.2) is 6.09 Å². The lowest BCUT2D eigenvalue weighted by atomic mass is 9.84. The summed E-state index contributed by atoms with van der Waals surface area (Å²) in [6.07, 6.45) is 5.95. The maximum atomic E-state index is 10.5. The second-order valence-electron chi connectivity index (χ2n) is 4.68. The Morgan fingerprint density at radius 2 is 1.82 bits per heavy atom. The summed E-state index contributed by atoms with van der Waals surface area (Å²) in [5, 5.41) is 0. The van der Waals surface area contributed by atoms with Crippen molar-refractivity contribution in [2.75, 3.05) is 0 Å². The van der Waals surface area contributed by atoms with Crippen LogP contribution in [0.2, 0.25) is 0 Å². The molecule has 1 amide bonds. The fourth-order valence-corrected chi connectivity index (χ4v) is 2.48. The van der Waals surface area contributed by atoms with Gasteiger partial charge in [0.1, 0.15) is 6.61 Å². The van der Waals surface area contributed by atoms with Crippen LogP contribution < -0.4 is 5.73 Å². The molecule has 0 radical (unpaired) electrons. The Morgan fingerprint density at radius 1 is 1.18 bits per heavy atom. The first kappa shape index (κ1) is 12.0. The highest BCUT2D eigenvalue weighted by Gasteiger charge is 2.14. The number of nitrogens with two attached hydrogens (primary N) is 1. The predicted octanol–water partition coefficient (Wildman–Crippen LogP) is 3.33. The molecule has 2 N–H and O–H groups in total. The number of amides is 1. The average Bonchev–Trinajstić information content (AvgIpc) is 2.38. The summed E-state index contributed by atoms with van der Waals surface area (Å²) in [6, 6.07) is 8.34. The molecule has 0 saturated heterocycles. The van der Waals surface area contributed by atoms with Crippen LogP contribution in [0.15, 0.2) is 24.3 Å². The van der Waals surface area contributed by atoms with Crippen molar-refractivity contribution in [2.45, 2.75) is 44.6 Å². The molecule has 0 unspecified atom stereocenters. The van der Waals surface area contributed by atoms with E-state index >= 15 is 0 Å². The van der Waals surface area contributed by atoms with Gasteiger partial charge < -0.3 is 10.5 Å². The third-order valence-electron chi connectivity index (χ3n) is 3.44. The molecule has 1 aliphatic rings. The minimum absolute atomic E-state index is 0.264. The first-order chi connectivity index (χ1) is 8.25. The van der Waals surface area contributed by atoms with E-state index in [1.165, 1.54) is 37.7 Å². The van der Waals surface area contributed by atoms with E-state index in [4.69, 9.17) is 10.5 Å². The van der Waals surface area contributed by atoms with E-state index in [1.54, 1.807) is 0 Å². The molecular formula is C14H19NO2. The zero-order valence-electron chi connectivity index (χ0n) is 10.0. The summed E-state index contributed by atoms with van der Waals surface area (Å²) >= 11 is 0. The second-order valence-corrected chi connectivity index (χ2v) is 4.68. The molecular weight excluding hydrogens is 214 g/mol. The normalized spacial score (nSPS) is 16.7. The number of benzene rings is 1. The van der Waals surface area contributed by atoms with E-state index in [2.05, 4.69) is 12.1 Å². The lowest BCUT2D eigenvalue weighted by Crippen LogP contribution is -2.12. The van der Waals surface area contributed by atoms with Gasteiger partial charge in [0, 0.05) is 0 Å². The third kappa shape index (κ3) is 3.48. The van der Waals surface area contributed by atoms with Crippen LogP contribution in [0.3, 0.4) is 0 Å². The van der Waals surface area contributed by atoms with Crippen molar-refractivity contribution in [2.24, 2.45) is 5.73 Å². The lowest BCUT2D eigenvalue weighted by Gasteiger charge is -2.22. The van der Waals surface area contributed by atoms with Crippen molar-refractivity contribution in [3.63, 3.8) is 0 Å². The number of hydrogen-bond donors (Lipinski definition) is 1. The molecule has 0 aliphatic heterocycles. The Hall–Kier alpha value is -1.51. The monoisotopic (exact) mass is 233 g/mol. The van der Waals surface area contributed by atoms with Crippen LogP contribution in [-0.2, 0) is 11.3 Å². The van der Waals surface area contributed by atoms with Crippen molar-refractivity contribution in [3.05, 3.63) is 35.4 Å². The molecule has 92 valence electrons. The summed E-state index contributed by atoms with van der Waals surface area (Å²) < 4.78 is 4.75.